The number of esters is 1. The maximum Gasteiger partial charge on any atom is 0.341 e. The zero-order valence-corrected chi connectivity index (χ0v) is 14.1. The van der Waals surface area contributed by atoms with Gasteiger partial charge in [-0.25, -0.2) is 4.79 Å². The Morgan fingerprint density at radius 1 is 1.33 bits per heavy atom. The van der Waals surface area contributed by atoms with E-state index in [4.69, 9.17) is 14.2 Å². The molecular weight excluding hydrogens is 312 g/mol. The fourth-order valence-corrected chi connectivity index (χ4v) is 2.55. The molecule has 0 bridgehead atoms. The van der Waals surface area contributed by atoms with Crippen LogP contribution in [0.2, 0.25) is 0 Å². The van der Waals surface area contributed by atoms with Crippen LogP contribution >= 0.6 is 0 Å². The lowest BCUT2D eigenvalue weighted by Gasteiger charge is -2.12. The van der Waals surface area contributed by atoms with E-state index in [0.29, 0.717) is 24.4 Å². The topological polar surface area (TPSA) is 85.9 Å². The first-order valence-electron chi connectivity index (χ1n) is 7.98. The second kappa shape index (κ2) is 9.24. The molecule has 0 spiro atoms. The molecule has 2 N–H and O–H groups in total. The number of rotatable bonds is 8. The quantitative estimate of drug-likeness (QED) is 0.685. The summed E-state index contributed by atoms with van der Waals surface area (Å²) < 4.78 is 15.4. The maximum absolute atomic E-state index is 11.9. The summed E-state index contributed by atoms with van der Waals surface area (Å²) in [6.07, 6.45) is 2.33. The van der Waals surface area contributed by atoms with Crippen molar-refractivity contribution in [2.24, 2.45) is 0 Å². The lowest BCUT2D eigenvalue weighted by molar-refractivity contribution is -0.120. The van der Waals surface area contributed by atoms with E-state index >= 15 is 0 Å². The van der Waals surface area contributed by atoms with Crippen LogP contribution in [0.5, 0.6) is 5.75 Å². The summed E-state index contributed by atoms with van der Waals surface area (Å²) in [5, 5.41) is 5.90. The molecule has 1 amide bonds. The van der Waals surface area contributed by atoms with E-state index in [9.17, 15) is 9.59 Å². The Balaban J connectivity index is 1.80. The monoisotopic (exact) mass is 336 g/mol. The molecular formula is C17H24N2O5. The van der Waals surface area contributed by atoms with Crippen molar-refractivity contribution in [1.29, 1.82) is 0 Å². The molecule has 1 atom stereocenters. The number of amides is 1. The standard InChI is InChI=1S/C17H24N2O5/c1-22-15-6-5-12(8-14(15)17(21)23-2)9-19-16(20)11-18-10-13-4-3-7-24-13/h5-6,8,13,18H,3-4,7,9-11H2,1-2H3,(H,19,20). The Bertz CT molecular complexity index is 570. The fraction of sp³-hybridized carbons (Fsp3) is 0.529. The highest BCUT2D eigenvalue weighted by atomic mass is 16.5. The van der Waals surface area contributed by atoms with Crippen LogP contribution in [-0.2, 0) is 20.8 Å². The Kier molecular flexibility index (Phi) is 7.02. The normalized spacial score (nSPS) is 16.7. The minimum absolute atomic E-state index is 0.108. The molecule has 1 heterocycles. The molecule has 132 valence electrons. The summed E-state index contributed by atoms with van der Waals surface area (Å²) in [5.74, 6) is -0.142. The number of carbonyl (C=O) groups is 2. The van der Waals surface area contributed by atoms with Crippen LogP contribution in [0.1, 0.15) is 28.8 Å². The van der Waals surface area contributed by atoms with Crippen LogP contribution in [0.15, 0.2) is 18.2 Å². The number of hydrogen-bond donors (Lipinski definition) is 2. The van der Waals surface area contributed by atoms with Gasteiger partial charge in [-0.05, 0) is 30.5 Å². The molecule has 1 aromatic carbocycles. The minimum atomic E-state index is -0.474. The molecule has 1 fully saturated rings. The molecule has 1 aliphatic heterocycles. The number of carbonyl (C=O) groups excluding carboxylic acids is 2. The lowest BCUT2D eigenvalue weighted by Crippen LogP contribution is -2.36. The Morgan fingerprint density at radius 3 is 2.83 bits per heavy atom. The van der Waals surface area contributed by atoms with Crippen molar-refractivity contribution < 1.29 is 23.8 Å². The number of hydrogen-bond acceptors (Lipinski definition) is 6. The predicted octanol–water partition coefficient (Wildman–Crippen LogP) is 0.867. The molecule has 0 aliphatic carbocycles. The van der Waals surface area contributed by atoms with Crippen molar-refractivity contribution in [1.82, 2.24) is 10.6 Å². The van der Waals surface area contributed by atoms with Gasteiger partial charge in [-0.1, -0.05) is 6.07 Å². The summed E-state index contributed by atoms with van der Waals surface area (Å²) in [4.78, 5) is 23.6. The van der Waals surface area contributed by atoms with Gasteiger partial charge in [0.05, 0.1) is 26.9 Å². The first kappa shape index (κ1) is 18.2. The second-order valence-electron chi connectivity index (χ2n) is 5.57. The van der Waals surface area contributed by atoms with Crippen LogP contribution in [0.25, 0.3) is 0 Å². The largest absolute Gasteiger partial charge is 0.496 e. The molecule has 7 heteroatoms. The zero-order chi connectivity index (χ0) is 17.4. The van der Waals surface area contributed by atoms with Gasteiger partial charge in [0, 0.05) is 19.7 Å². The summed E-state index contributed by atoms with van der Waals surface area (Å²) >= 11 is 0. The fourth-order valence-electron chi connectivity index (χ4n) is 2.55. The van der Waals surface area contributed by atoms with Crippen LogP contribution in [0.4, 0.5) is 0 Å². The highest BCUT2D eigenvalue weighted by Crippen LogP contribution is 2.20. The summed E-state index contributed by atoms with van der Waals surface area (Å²) in [7, 11) is 2.80. The van der Waals surface area contributed by atoms with Gasteiger partial charge in [0.2, 0.25) is 5.91 Å². The van der Waals surface area contributed by atoms with E-state index in [1.54, 1.807) is 18.2 Å². The molecule has 1 saturated heterocycles. The molecule has 24 heavy (non-hydrogen) atoms. The van der Waals surface area contributed by atoms with Gasteiger partial charge in [-0.15, -0.1) is 0 Å². The van der Waals surface area contributed by atoms with Gasteiger partial charge in [-0.3, -0.25) is 4.79 Å². The van der Waals surface area contributed by atoms with Gasteiger partial charge in [0.1, 0.15) is 11.3 Å². The number of benzene rings is 1. The maximum atomic E-state index is 11.9. The third-order valence-corrected chi connectivity index (χ3v) is 3.84. The van der Waals surface area contributed by atoms with E-state index in [-0.39, 0.29) is 18.6 Å². The Labute approximate surface area is 141 Å². The van der Waals surface area contributed by atoms with E-state index in [2.05, 4.69) is 10.6 Å². The van der Waals surface area contributed by atoms with Crippen molar-refractivity contribution in [2.45, 2.75) is 25.5 Å². The summed E-state index contributed by atoms with van der Waals surface area (Å²) in [6.45, 7) is 2.05. The summed E-state index contributed by atoms with van der Waals surface area (Å²) in [5.41, 5.74) is 1.13. The van der Waals surface area contributed by atoms with Crippen molar-refractivity contribution in [2.75, 3.05) is 33.9 Å². The summed E-state index contributed by atoms with van der Waals surface area (Å²) in [6, 6.07) is 5.14. The molecule has 0 radical (unpaired) electrons. The zero-order valence-electron chi connectivity index (χ0n) is 14.1. The average molecular weight is 336 g/mol. The number of nitrogens with one attached hydrogen (secondary N) is 2. The SMILES string of the molecule is COC(=O)c1cc(CNC(=O)CNCC2CCCO2)ccc1OC. The van der Waals surface area contributed by atoms with Gasteiger partial charge >= 0.3 is 5.97 Å². The van der Waals surface area contributed by atoms with Crippen LogP contribution < -0.4 is 15.4 Å². The van der Waals surface area contributed by atoms with E-state index < -0.39 is 5.97 Å². The molecule has 1 aliphatic rings. The number of ether oxygens (including phenoxy) is 3. The van der Waals surface area contributed by atoms with Crippen LogP contribution in [-0.4, -0.2) is 51.9 Å². The molecule has 1 aromatic rings. The van der Waals surface area contributed by atoms with Gasteiger partial charge in [-0.2, -0.15) is 0 Å². The smallest absolute Gasteiger partial charge is 0.341 e. The average Bonchev–Trinajstić information content (AvgIpc) is 3.12. The van der Waals surface area contributed by atoms with Crippen LogP contribution in [0.3, 0.4) is 0 Å². The molecule has 2 rings (SSSR count). The van der Waals surface area contributed by atoms with Crippen molar-refractivity contribution in [3.8, 4) is 5.75 Å². The molecule has 0 aromatic heterocycles. The van der Waals surface area contributed by atoms with Gasteiger partial charge in [0.25, 0.3) is 0 Å². The first-order chi connectivity index (χ1) is 11.6. The molecule has 7 nitrogen and oxygen atoms in total. The van der Waals surface area contributed by atoms with E-state index in [1.807, 2.05) is 0 Å². The van der Waals surface area contributed by atoms with E-state index in [0.717, 1.165) is 25.0 Å². The van der Waals surface area contributed by atoms with Gasteiger partial charge < -0.3 is 24.8 Å². The van der Waals surface area contributed by atoms with Gasteiger partial charge in [0.15, 0.2) is 0 Å². The first-order valence-corrected chi connectivity index (χ1v) is 7.98. The van der Waals surface area contributed by atoms with Crippen molar-refractivity contribution >= 4 is 11.9 Å². The van der Waals surface area contributed by atoms with E-state index in [1.165, 1.54) is 14.2 Å². The third-order valence-electron chi connectivity index (χ3n) is 3.84. The van der Waals surface area contributed by atoms with Crippen LogP contribution in [0, 0.1) is 0 Å². The minimum Gasteiger partial charge on any atom is -0.496 e. The highest BCUT2D eigenvalue weighted by Gasteiger charge is 2.16. The third kappa shape index (κ3) is 5.21. The van der Waals surface area contributed by atoms with Crippen molar-refractivity contribution in [3.05, 3.63) is 29.3 Å². The lowest BCUT2D eigenvalue weighted by atomic mass is 10.1. The number of methoxy groups -OCH3 is 2. The predicted molar refractivity (Wildman–Crippen MR) is 88.0 cm³/mol. The van der Waals surface area contributed by atoms with Crippen molar-refractivity contribution in [3.63, 3.8) is 0 Å². The molecule has 1 unspecified atom stereocenters. The second-order valence-corrected chi connectivity index (χ2v) is 5.57. The molecule has 0 saturated carbocycles. The highest BCUT2D eigenvalue weighted by molar-refractivity contribution is 5.92. The Morgan fingerprint density at radius 2 is 2.17 bits per heavy atom. The Hall–Kier alpha value is -2.12.